The van der Waals surface area contributed by atoms with Gasteiger partial charge in [-0.2, -0.15) is 4.31 Å². The highest BCUT2D eigenvalue weighted by atomic mass is 32.2. The lowest BCUT2D eigenvalue weighted by molar-refractivity contribution is -0.146. The second kappa shape index (κ2) is 14.6. The van der Waals surface area contributed by atoms with Crippen molar-refractivity contribution in [3.63, 3.8) is 0 Å². The number of para-hydroxylation sites is 3. The predicted octanol–water partition coefficient (Wildman–Crippen LogP) is 3.92. The Morgan fingerprint density at radius 3 is 2.57 bits per heavy atom. The Labute approximate surface area is 283 Å². The Bertz CT molecular complexity index is 2070. The van der Waals surface area contributed by atoms with Gasteiger partial charge in [0.05, 0.1) is 48.3 Å². The minimum absolute atomic E-state index is 0.0232. The number of amides is 1. The molecular formula is C35H37N5O8S. The quantitative estimate of drug-likeness (QED) is 0.166. The number of rotatable bonds is 13. The number of aromatic amines is 1. The van der Waals surface area contributed by atoms with Gasteiger partial charge in [-0.15, -0.1) is 0 Å². The molecule has 0 bridgehead atoms. The highest BCUT2D eigenvalue weighted by Gasteiger charge is 2.32. The Morgan fingerprint density at radius 1 is 1.08 bits per heavy atom. The number of hydrogen-bond acceptors (Lipinski definition) is 9. The molecule has 0 unspecified atom stereocenters. The van der Waals surface area contributed by atoms with Crippen LogP contribution >= 0.6 is 0 Å². The lowest BCUT2D eigenvalue weighted by Crippen LogP contribution is -2.38. The minimum Gasteiger partial charge on any atom is -0.497 e. The number of nitrogens with zero attached hydrogens (tertiary/aromatic N) is 3. The van der Waals surface area contributed by atoms with E-state index >= 15 is 0 Å². The summed E-state index contributed by atoms with van der Waals surface area (Å²) in [6.45, 7) is 0.891. The normalized spacial score (nSPS) is 16.4. The molecule has 1 aliphatic rings. The van der Waals surface area contributed by atoms with Crippen LogP contribution in [0.4, 0.5) is 0 Å². The van der Waals surface area contributed by atoms with Crippen molar-refractivity contribution in [1.29, 1.82) is 0 Å². The molecule has 0 saturated carbocycles. The van der Waals surface area contributed by atoms with Gasteiger partial charge in [-0.05, 0) is 54.1 Å². The molecule has 6 rings (SSSR count). The zero-order valence-corrected chi connectivity index (χ0v) is 27.9. The number of methoxy groups -OCH3 is 1. The van der Waals surface area contributed by atoms with Crippen LogP contribution in [0, 0.1) is 0 Å². The number of aliphatic hydroxyl groups is 1. The van der Waals surface area contributed by atoms with Gasteiger partial charge < -0.3 is 29.6 Å². The number of ether oxygens (including phenoxy) is 3. The molecule has 0 radical (unpaired) electrons. The van der Waals surface area contributed by atoms with Crippen LogP contribution in [0.15, 0.2) is 95.7 Å². The number of fused-ring (bicyclic) bond motifs is 2. The van der Waals surface area contributed by atoms with Crippen molar-refractivity contribution in [3.05, 3.63) is 102 Å². The summed E-state index contributed by atoms with van der Waals surface area (Å²) in [4.78, 5) is 33.7. The van der Waals surface area contributed by atoms with Gasteiger partial charge >= 0.3 is 0 Å². The maximum atomic E-state index is 13.5. The highest BCUT2D eigenvalue weighted by molar-refractivity contribution is 7.89. The van der Waals surface area contributed by atoms with Crippen molar-refractivity contribution >= 4 is 43.8 Å². The molecule has 49 heavy (non-hydrogen) atoms. The summed E-state index contributed by atoms with van der Waals surface area (Å²) >= 11 is 0. The second-order valence-electron chi connectivity index (χ2n) is 11.5. The summed E-state index contributed by atoms with van der Waals surface area (Å²) in [5.74, 6) is 0.0804. The molecule has 1 aliphatic heterocycles. The molecule has 3 N–H and O–H groups in total. The average Bonchev–Trinajstić information content (AvgIpc) is 3.72. The number of nitrogens with one attached hydrogen (secondary N) is 2. The number of carbonyl (C=O) groups excluding carboxylic acids is 2. The Hall–Kier alpha value is -5.02. The van der Waals surface area contributed by atoms with E-state index in [0.717, 1.165) is 31.8 Å². The maximum absolute atomic E-state index is 13.5. The Morgan fingerprint density at radius 2 is 1.84 bits per heavy atom. The Kier molecular flexibility index (Phi) is 10.1. The fourth-order valence-electron chi connectivity index (χ4n) is 5.88. The maximum Gasteiger partial charge on any atom is 0.286 e. The number of sulfonamides is 1. The summed E-state index contributed by atoms with van der Waals surface area (Å²) in [6.07, 6.45) is 2.84. The van der Waals surface area contributed by atoms with Gasteiger partial charge in [0.25, 0.3) is 5.91 Å². The SMILES string of the molecule is COc1ccc(S(=O)(=O)N(CCO)CCO[C@@H]2C[C@H](c3cn(C(C)=O)c4ccccc34)C=C(C(=O)NCc3nc4ccccc4[nH]3)O2)cc1. The number of aliphatic hydroxyl groups excluding tert-OH is 1. The second-order valence-corrected chi connectivity index (χ2v) is 13.4. The van der Waals surface area contributed by atoms with Crippen LogP contribution in [0.2, 0.25) is 0 Å². The monoisotopic (exact) mass is 687 g/mol. The fourth-order valence-corrected chi connectivity index (χ4v) is 7.30. The number of allylic oxidation sites excluding steroid dienone is 1. The van der Waals surface area contributed by atoms with E-state index in [4.69, 9.17) is 14.2 Å². The first kappa shape index (κ1) is 33.9. The van der Waals surface area contributed by atoms with Gasteiger partial charge in [0.1, 0.15) is 11.6 Å². The number of imidazole rings is 1. The number of H-pyrrole nitrogens is 1. The molecular weight excluding hydrogens is 650 g/mol. The third-order valence-corrected chi connectivity index (χ3v) is 10.2. The van der Waals surface area contributed by atoms with Crippen LogP contribution in [0.25, 0.3) is 21.9 Å². The molecule has 13 nitrogen and oxygen atoms in total. The van der Waals surface area contributed by atoms with E-state index in [2.05, 4.69) is 15.3 Å². The van der Waals surface area contributed by atoms with Crippen LogP contribution in [0.5, 0.6) is 5.75 Å². The third kappa shape index (κ3) is 7.37. The molecule has 0 aliphatic carbocycles. The molecule has 2 atom stereocenters. The fraction of sp³-hybridized carbons (Fsp3) is 0.286. The van der Waals surface area contributed by atoms with E-state index in [1.54, 1.807) is 29.0 Å². The van der Waals surface area contributed by atoms with Crippen molar-refractivity contribution in [2.75, 3.05) is 33.4 Å². The minimum atomic E-state index is -3.96. The molecule has 14 heteroatoms. The van der Waals surface area contributed by atoms with Crippen molar-refractivity contribution in [2.45, 2.75) is 37.0 Å². The van der Waals surface area contributed by atoms with Gasteiger partial charge in [-0.25, -0.2) is 13.4 Å². The highest BCUT2D eigenvalue weighted by Crippen LogP contribution is 2.36. The van der Waals surface area contributed by atoms with E-state index in [1.807, 2.05) is 48.5 Å². The van der Waals surface area contributed by atoms with Crippen molar-refractivity contribution < 1.29 is 37.3 Å². The summed E-state index contributed by atoms with van der Waals surface area (Å²) in [5, 5.41) is 13.4. The number of benzene rings is 3. The topological polar surface area (TPSA) is 165 Å². The number of carbonyl (C=O) groups is 2. The van der Waals surface area contributed by atoms with Gasteiger partial charge in [0.2, 0.25) is 22.2 Å². The first-order valence-corrected chi connectivity index (χ1v) is 17.2. The summed E-state index contributed by atoms with van der Waals surface area (Å²) in [6, 6.07) is 21.0. The molecule has 2 aromatic heterocycles. The lowest BCUT2D eigenvalue weighted by atomic mass is 9.92. The van der Waals surface area contributed by atoms with Gasteiger partial charge in [0.15, 0.2) is 5.76 Å². The zero-order valence-electron chi connectivity index (χ0n) is 27.0. The molecule has 0 fully saturated rings. The van der Waals surface area contributed by atoms with Crippen LogP contribution in [-0.2, 0) is 30.8 Å². The van der Waals surface area contributed by atoms with Crippen LogP contribution in [0.1, 0.15) is 35.4 Å². The molecule has 0 spiro atoms. The molecule has 5 aromatic rings. The molecule has 3 aromatic carbocycles. The number of hydrogen-bond donors (Lipinski definition) is 3. The first-order chi connectivity index (χ1) is 23.7. The van der Waals surface area contributed by atoms with E-state index in [0.29, 0.717) is 11.6 Å². The molecule has 0 saturated heterocycles. The first-order valence-electron chi connectivity index (χ1n) is 15.8. The summed E-state index contributed by atoms with van der Waals surface area (Å²) in [7, 11) is -2.48. The third-order valence-electron chi connectivity index (χ3n) is 8.31. The van der Waals surface area contributed by atoms with E-state index in [-0.39, 0.29) is 55.1 Å². The summed E-state index contributed by atoms with van der Waals surface area (Å²) in [5.41, 5.74) is 3.18. The van der Waals surface area contributed by atoms with E-state index in [9.17, 15) is 23.1 Å². The van der Waals surface area contributed by atoms with Crippen molar-refractivity contribution in [1.82, 2.24) is 24.2 Å². The largest absolute Gasteiger partial charge is 0.497 e. The van der Waals surface area contributed by atoms with Crippen LogP contribution in [0.3, 0.4) is 0 Å². The molecule has 1 amide bonds. The van der Waals surface area contributed by atoms with Crippen LogP contribution in [-0.4, -0.2) is 83.9 Å². The van der Waals surface area contributed by atoms with Crippen molar-refractivity contribution in [3.8, 4) is 5.75 Å². The molecule has 256 valence electrons. The molecule has 3 heterocycles. The van der Waals surface area contributed by atoms with Gasteiger partial charge in [-0.1, -0.05) is 30.3 Å². The number of aromatic nitrogens is 3. The van der Waals surface area contributed by atoms with E-state index in [1.165, 1.54) is 26.2 Å². The lowest BCUT2D eigenvalue weighted by Gasteiger charge is -2.30. The van der Waals surface area contributed by atoms with Gasteiger partial charge in [0, 0.05) is 43.9 Å². The predicted molar refractivity (Wildman–Crippen MR) is 181 cm³/mol. The van der Waals surface area contributed by atoms with Crippen molar-refractivity contribution in [2.24, 2.45) is 0 Å². The standard InChI is InChI=1S/C35H37N5O8S/c1-23(42)40-22-28(27-7-3-6-10-31(27)40)24-19-32(35(43)36-21-33-37-29-8-4-5-9-30(29)38-33)48-34(20-24)47-18-16-39(15-17-41)49(44,45)26-13-11-25(46-2)12-14-26/h3-14,19,22,24,34,41H,15-18,20-21H2,1-2H3,(H,36,43)(H,37,38)/t24-,34+/m1/s1. The zero-order chi connectivity index (χ0) is 34.5. The van der Waals surface area contributed by atoms with E-state index < -0.39 is 28.8 Å². The van der Waals surface area contributed by atoms with Gasteiger partial charge in [-0.3, -0.25) is 14.2 Å². The smallest absolute Gasteiger partial charge is 0.286 e. The van der Waals surface area contributed by atoms with Crippen LogP contribution < -0.4 is 10.1 Å². The Balaban J connectivity index is 1.22. The average molecular weight is 688 g/mol. The summed E-state index contributed by atoms with van der Waals surface area (Å²) < 4.78 is 46.8.